The Hall–Kier alpha value is 0.170. The van der Waals surface area contributed by atoms with Crippen molar-refractivity contribution in [2.45, 2.75) is 235 Å². The highest BCUT2D eigenvalue weighted by Gasteiger charge is 2.21. The summed E-state index contributed by atoms with van der Waals surface area (Å²) in [5.41, 5.74) is 0. The van der Waals surface area contributed by atoms with Gasteiger partial charge in [0.25, 0.3) is 5.97 Å². The molecule has 45 heavy (non-hydrogen) atoms. The first-order valence-electron chi connectivity index (χ1n) is 20.2. The molecule has 3 nitrogen and oxygen atoms in total. The van der Waals surface area contributed by atoms with Gasteiger partial charge in [0, 0.05) is 12.3 Å². The van der Waals surface area contributed by atoms with Crippen molar-refractivity contribution in [1.29, 1.82) is 0 Å². The Labute approximate surface area is 290 Å². The first kappa shape index (κ1) is 49.6. The number of unbranched alkanes of at least 4 members (excludes halogenated alkanes) is 15. The molecule has 276 valence electrons. The van der Waals surface area contributed by atoms with Crippen LogP contribution >= 0.6 is 11.6 Å². The van der Waals surface area contributed by atoms with Crippen LogP contribution in [0.1, 0.15) is 229 Å². The standard InChI is InChI=1S/C20H42O3.C16H34.C5H11Cl/c1-16(2)9-6-10-17(3)11-7-12-18(4)13-8-14-19(5)15-20(21,22)23;1-3-5-7-9-11-13-15-16-14-12-10-8-6-4-2;1-2-3-4-5-6/h16-19,21-23H,6-15H2,1-5H3;3-16H2,1-2H3;2-5H2,1H3. The molecule has 0 radical (unpaired) electrons. The molecule has 0 spiro atoms. The predicted molar refractivity (Wildman–Crippen MR) is 204 cm³/mol. The molecule has 0 heterocycles. The fraction of sp³-hybridized carbons (Fsp3) is 1.00. The van der Waals surface area contributed by atoms with Gasteiger partial charge in [-0.05, 0) is 30.1 Å². The molecule has 0 amide bonds. The van der Waals surface area contributed by atoms with Gasteiger partial charge in [-0.25, -0.2) is 0 Å². The monoisotopic (exact) mass is 663 g/mol. The number of aliphatic hydroxyl groups is 3. The summed E-state index contributed by atoms with van der Waals surface area (Å²) in [5.74, 6) is 0.894. The summed E-state index contributed by atoms with van der Waals surface area (Å²) in [4.78, 5) is 0. The van der Waals surface area contributed by atoms with Crippen LogP contribution < -0.4 is 0 Å². The number of alkyl halides is 1. The second-order valence-electron chi connectivity index (χ2n) is 15.1. The third-order valence-electron chi connectivity index (χ3n) is 9.08. The van der Waals surface area contributed by atoms with Crippen molar-refractivity contribution in [3.63, 3.8) is 0 Å². The van der Waals surface area contributed by atoms with E-state index < -0.39 is 5.97 Å². The van der Waals surface area contributed by atoms with Gasteiger partial charge in [-0.15, -0.1) is 11.6 Å². The van der Waals surface area contributed by atoms with Crippen molar-refractivity contribution < 1.29 is 15.3 Å². The highest BCUT2D eigenvalue weighted by Crippen LogP contribution is 2.23. The molecule has 0 saturated carbocycles. The number of hydrogen-bond donors (Lipinski definition) is 3. The number of hydrogen-bond acceptors (Lipinski definition) is 3. The molecule has 0 rings (SSSR count). The van der Waals surface area contributed by atoms with Gasteiger partial charge in [-0.1, -0.05) is 216 Å². The van der Waals surface area contributed by atoms with Crippen molar-refractivity contribution in [3.05, 3.63) is 0 Å². The maximum Gasteiger partial charge on any atom is 0.275 e. The normalized spacial score (nSPS) is 13.5. The van der Waals surface area contributed by atoms with Crippen LogP contribution in [-0.2, 0) is 0 Å². The third-order valence-corrected chi connectivity index (χ3v) is 9.35. The Kier molecular flexibility index (Phi) is 42.5. The fourth-order valence-electron chi connectivity index (χ4n) is 5.97. The van der Waals surface area contributed by atoms with Gasteiger partial charge in [0.05, 0.1) is 0 Å². The molecule has 0 aromatic carbocycles. The Morgan fingerprint density at radius 1 is 0.400 bits per heavy atom. The van der Waals surface area contributed by atoms with Crippen LogP contribution in [0.2, 0.25) is 0 Å². The lowest BCUT2D eigenvalue weighted by atomic mass is 9.90. The van der Waals surface area contributed by atoms with Crippen molar-refractivity contribution in [1.82, 2.24) is 0 Å². The molecule has 0 aliphatic carbocycles. The van der Waals surface area contributed by atoms with Gasteiger partial charge in [-0.2, -0.15) is 0 Å². The summed E-state index contributed by atoms with van der Waals surface area (Å²) in [6.07, 6.45) is 35.5. The van der Waals surface area contributed by atoms with Crippen LogP contribution in [0.3, 0.4) is 0 Å². The minimum absolute atomic E-state index is 0.0370. The number of rotatable bonds is 30. The maximum absolute atomic E-state index is 8.97. The average Bonchev–Trinajstić information content (AvgIpc) is 2.96. The maximum atomic E-state index is 8.97. The highest BCUT2D eigenvalue weighted by molar-refractivity contribution is 6.17. The Bertz CT molecular complexity index is 501. The van der Waals surface area contributed by atoms with Crippen molar-refractivity contribution in [2.24, 2.45) is 23.7 Å². The molecule has 4 heteroatoms. The SMILES string of the molecule is CC(C)CCCC(C)CCCC(C)CCCC(C)CC(O)(O)O.CCCCCCCCCCCCCCCC.CCCCCCl. The molecule has 3 N–H and O–H groups in total. The molecule has 0 saturated heterocycles. The second kappa shape index (κ2) is 38.6. The largest absolute Gasteiger partial charge is 0.344 e. The zero-order valence-electron chi connectivity index (χ0n) is 32.3. The van der Waals surface area contributed by atoms with Crippen LogP contribution in [-0.4, -0.2) is 27.2 Å². The van der Waals surface area contributed by atoms with Crippen LogP contribution in [0, 0.1) is 23.7 Å². The summed E-state index contributed by atoms with van der Waals surface area (Å²) in [5, 5.41) is 26.9. The van der Waals surface area contributed by atoms with E-state index in [1.54, 1.807) is 0 Å². The van der Waals surface area contributed by atoms with E-state index >= 15 is 0 Å². The fourth-order valence-corrected chi connectivity index (χ4v) is 6.16. The minimum atomic E-state index is -2.50. The van der Waals surface area contributed by atoms with Gasteiger partial charge >= 0.3 is 0 Å². The predicted octanol–water partition coefficient (Wildman–Crippen LogP) is 14.0. The van der Waals surface area contributed by atoms with Crippen LogP contribution in [0.5, 0.6) is 0 Å². The van der Waals surface area contributed by atoms with Gasteiger partial charge in [0.15, 0.2) is 0 Å². The lowest BCUT2D eigenvalue weighted by molar-refractivity contribution is -0.319. The summed E-state index contributed by atoms with van der Waals surface area (Å²) < 4.78 is 0. The molecule has 0 aliphatic heterocycles. The minimum Gasteiger partial charge on any atom is -0.344 e. The molecule has 0 bridgehead atoms. The zero-order valence-corrected chi connectivity index (χ0v) is 33.1. The van der Waals surface area contributed by atoms with E-state index in [9.17, 15) is 0 Å². The lowest BCUT2D eigenvalue weighted by Gasteiger charge is -2.20. The lowest BCUT2D eigenvalue weighted by Crippen LogP contribution is -2.29. The van der Waals surface area contributed by atoms with Gasteiger partial charge in [-0.3, -0.25) is 0 Å². The zero-order chi connectivity index (χ0) is 34.6. The van der Waals surface area contributed by atoms with Gasteiger partial charge in [0.1, 0.15) is 0 Å². The molecule has 0 aliphatic rings. The first-order valence-corrected chi connectivity index (χ1v) is 20.7. The van der Waals surface area contributed by atoms with Crippen molar-refractivity contribution >= 4 is 11.6 Å². The summed E-state index contributed by atoms with van der Waals surface area (Å²) in [6, 6.07) is 0. The topological polar surface area (TPSA) is 60.7 Å². The van der Waals surface area contributed by atoms with Crippen molar-refractivity contribution in [3.8, 4) is 0 Å². The van der Waals surface area contributed by atoms with Crippen LogP contribution in [0.15, 0.2) is 0 Å². The third kappa shape index (κ3) is 51.2. The van der Waals surface area contributed by atoms with Crippen molar-refractivity contribution in [2.75, 3.05) is 5.88 Å². The van der Waals surface area contributed by atoms with Crippen LogP contribution in [0.25, 0.3) is 0 Å². The van der Waals surface area contributed by atoms with E-state index in [4.69, 9.17) is 26.9 Å². The molecule has 0 aromatic rings. The Morgan fingerprint density at radius 2 is 0.689 bits per heavy atom. The van der Waals surface area contributed by atoms with E-state index in [0.29, 0.717) is 0 Å². The summed E-state index contributed by atoms with van der Waals surface area (Å²) in [6.45, 7) is 18.0. The highest BCUT2D eigenvalue weighted by atomic mass is 35.5. The van der Waals surface area contributed by atoms with E-state index in [0.717, 1.165) is 36.5 Å². The Morgan fingerprint density at radius 3 is 0.956 bits per heavy atom. The van der Waals surface area contributed by atoms with E-state index in [2.05, 4.69) is 48.5 Å². The van der Waals surface area contributed by atoms with E-state index in [-0.39, 0.29) is 12.3 Å². The Balaban J connectivity index is -0.000000691. The molecule has 3 atom stereocenters. The smallest absolute Gasteiger partial charge is 0.275 e. The second-order valence-corrected chi connectivity index (χ2v) is 15.5. The molecule has 0 aromatic heterocycles. The molecule has 3 unspecified atom stereocenters. The average molecular weight is 664 g/mol. The number of halogens is 1. The summed E-state index contributed by atoms with van der Waals surface area (Å²) >= 11 is 5.38. The summed E-state index contributed by atoms with van der Waals surface area (Å²) in [7, 11) is 0. The van der Waals surface area contributed by atoms with E-state index in [1.165, 1.54) is 154 Å². The van der Waals surface area contributed by atoms with Gasteiger partial charge in [0.2, 0.25) is 0 Å². The van der Waals surface area contributed by atoms with E-state index in [1.807, 2.05) is 6.92 Å². The molecule has 0 fully saturated rings. The quantitative estimate of drug-likeness (QED) is 0.0407. The first-order chi connectivity index (χ1) is 21.4. The van der Waals surface area contributed by atoms with Gasteiger partial charge < -0.3 is 15.3 Å². The molecular weight excluding hydrogens is 576 g/mol. The van der Waals surface area contributed by atoms with Crippen LogP contribution in [0.4, 0.5) is 0 Å². The molecular formula is C41H87ClO3.